The van der Waals surface area contributed by atoms with Crippen molar-refractivity contribution in [2.24, 2.45) is 0 Å². The van der Waals surface area contributed by atoms with E-state index >= 15 is 0 Å². The number of nitrogens with zero attached hydrogens (tertiary/aromatic N) is 2. The topological polar surface area (TPSA) is 61.9 Å². The van der Waals surface area contributed by atoms with Gasteiger partial charge in [0.2, 0.25) is 0 Å². The zero-order chi connectivity index (χ0) is 13.6. The van der Waals surface area contributed by atoms with Crippen LogP contribution in [0.5, 0.6) is 0 Å². The van der Waals surface area contributed by atoms with Gasteiger partial charge in [-0.3, -0.25) is 0 Å². The molecular formula is C15H19N5. The second kappa shape index (κ2) is 6.34. The SMILES string of the molecule is c1ccc(CNc2cc(NC3CCNC3)ncn2)cc1. The first kappa shape index (κ1) is 12.9. The Morgan fingerprint density at radius 2 is 2.00 bits per heavy atom. The second-order valence-electron chi connectivity index (χ2n) is 4.96. The molecule has 0 amide bonds. The van der Waals surface area contributed by atoms with Crippen molar-refractivity contribution in [3.05, 3.63) is 48.3 Å². The number of benzene rings is 1. The third-order valence-electron chi connectivity index (χ3n) is 3.40. The number of aromatic nitrogens is 2. The van der Waals surface area contributed by atoms with Gasteiger partial charge in [0.15, 0.2) is 0 Å². The summed E-state index contributed by atoms with van der Waals surface area (Å²) in [7, 11) is 0. The molecule has 1 aromatic heterocycles. The van der Waals surface area contributed by atoms with E-state index in [0.29, 0.717) is 6.04 Å². The first-order valence-corrected chi connectivity index (χ1v) is 6.97. The highest BCUT2D eigenvalue weighted by molar-refractivity contribution is 5.47. The van der Waals surface area contributed by atoms with Gasteiger partial charge >= 0.3 is 0 Å². The average molecular weight is 269 g/mol. The van der Waals surface area contributed by atoms with Gasteiger partial charge in [-0.05, 0) is 18.5 Å². The number of anilines is 2. The lowest BCUT2D eigenvalue weighted by atomic mass is 10.2. The lowest BCUT2D eigenvalue weighted by Gasteiger charge is -2.12. The van der Waals surface area contributed by atoms with Gasteiger partial charge in [0.25, 0.3) is 0 Å². The highest BCUT2D eigenvalue weighted by atomic mass is 15.1. The molecule has 1 fully saturated rings. The first-order valence-electron chi connectivity index (χ1n) is 6.97. The van der Waals surface area contributed by atoms with E-state index in [1.54, 1.807) is 6.33 Å². The molecule has 1 unspecified atom stereocenters. The molecule has 0 saturated carbocycles. The second-order valence-corrected chi connectivity index (χ2v) is 4.96. The summed E-state index contributed by atoms with van der Waals surface area (Å²) in [6, 6.07) is 12.7. The molecule has 0 aliphatic carbocycles. The number of nitrogens with one attached hydrogen (secondary N) is 3. The van der Waals surface area contributed by atoms with Crippen molar-refractivity contribution >= 4 is 11.6 Å². The van der Waals surface area contributed by atoms with E-state index in [-0.39, 0.29) is 0 Å². The summed E-state index contributed by atoms with van der Waals surface area (Å²) in [6.45, 7) is 2.83. The molecule has 1 aliphatic rings. The van der Waals surface area contributed by atoms with Gasteiger partial charge < -0.3 is 16.0 Å². The van der Waals surface area contributed by atoms with E-state index in [1.807, 2.05) is 24.3 Å². The van der Waals surface area contributed by atoms with Crippen molar-refractivity contribution in [2.45, 2.75) is 19.0 Å². The highest BCUT2D eigenvalue weighted by Gasteiger charge is 2.14. The molecule has 0 radical (unpaired) electrons. The van der Waals surface area contributed by atoms with E-state index < -0.39 is 0 Å². The summed E-state index contributed by atoms with van der Waals surface area (Å²) < 4.78 is 0. The van der Waals surface area contributed by atoms with Crippen molar-refractivity contribution in [1.82, 2.24) is 15.3 Å². The van der Waals surface area contributed by atoms with Crippen molar-refractivity contribution in [3.63, 3.8) is 0 Å². The maximum Gasteiger partial charge on any atom is 0.131 e. The summed E-state index contributed by atoms with van der Waals surface area (Å²) in [6.07, 6.45) is 2.73. The smallest absolute Gasteiger partial charge is 0.131 e. The molecule has 2 aromatic rings. The molecule has 5 nitrogen and oxygen atoms in total. The highest BCUT2D eigenvalue weighted by Crippen LogP contribution is 2.13. The van der Waals surface area contributed by atoms with Crippen molar-refractivity contribution in [1.29, 1.82) is 0 Å². The standard InChI is InChI=1S/C15H19N5/c1-2-4-12(5-3-1)9-17-14-8-15(19-11-18-14)20-13-6-7-16-10-13/h1-5,8,11,13,16H,6-7,9-10H2,(H2,17,18,19,20). The van der Waals surface area contributed by atoms with Gasteiger partial charge in [-0.2, -0.15) is 0 Å². The fourth-order valence-corrected chi connectivity index (χ4v) is 2.31. The zero-order valence-corrected chi connectivity index (χ0v) is 11.3. The summed E-state index contributed by atoms with van der Waals surface area (Å²) in [5, 5.41) is 10.1. The average Bonchev–Trinajstić information content (AvgIpc) is 3.00. The van der Waals surface area contributed by atoms with Crippen LogP contribution in [0.15, 0.2) is 42.7 Å². The van der Waals surface area contributed by atoms with Crippen LogP contribution in [0.1, 0.15) is 12.0 Å². The Labute approximate surface area is 118 Å². The van der Waals surface area contributed by atoms with Crippen LogP contribution in [0, 0.1) is 0 Å². The normalized spacial score (nSPS) is 17.9. The van der Waals surface area contributed by atoms with Crippen LogP contribution in [0.2, 0.25) is 0 Å². The lowest BCUT2D eigenvalue weighted by molar-refractivity contribution is 0.787. The molecule has 0 bridgehead atoms. The third-order valence-corrected chi connectivity index (χ3v) is 3.40. The maximum absolute atomic E-state index is 4.27. The molecule has 5 heteroatoms. The molecule has 1 aromatic carbocycles. The van der Waals surface area contributed by atoms with Gasteiger partial charge in [0.1, 0.15) is 18.0 Å². The fourth-order valence-electron chi connectivity index (χ4n) is 2.31. The molecule has 1 atom stereocenters. The molecular weight excluding hydrogens is 250 g/mol. The molecule has 20 heavy (non-hydrogen) atoms. The van der Waals surface area contributed by atoms with E-state index in [0.717, 1.165) is 37.7 Å². The minimum atomic E-state index is 0.465. The Bertz CT molecular complexity index is 537. The Balaban J connectivity index is 1.59. The van der Waals surface area contributed by atoms with E-state index in [9.17, 15) is 0 Å². The van der Waals surface area contributed by atoms with E-state index in [4.69, 9.17) is 0 Å². The molecule has 1 aliphatic heterocycles. The van der Waals surface area contributed by atoms with Crippen LogP contribution in [-0.2, 0) is 6.54 Å². The molecule has 1 saturated heterocycles. The summed E-state index contributed by atoms with van der Waals surface area (Å²) in [5.41, 5.74) is 1.24. The van der Waals surface area contributed by atoms with Gasteiger partial charge in [-0.25, -0.2) is 9.97 Å². The quantitative estimate of drug-likeness (QED) is 0.773. The van der Waals surface area contributed by atoms with Gasteiger partial charge in [0, 0.05) is 25.2 Å². The third kappa shape index (κ3) is 3.45. The first-order chi connectivity index (χ1) is 9.90. The minimum Gasteiger partial charge on any atom is -0.366 e. The summed E-state index contributed by atoms with van der Waals surface area (Å²) in [4.78, 5) is 8.52. The lowest BCUT2D eigenvalue weighted by Crippen LogP contribution is -2.22. The zero-order valence-electron chi connectivity index (χ0n) is 11.3. The van der Waals surface area contributed by atoms with Crippen LogP contribution < -0.4 is 16.0 Å². The maximum atomic E-state index is 4.27. The van der Waals surface area contributed by atoms with E-state index in [2.05, 4.69) is 38.1 Å². The molecule has 104 valence electrons. The van der Waals surface area contributed by atoms with Gasteiger partial charge in [-0.15, -0.1) is 0 Å². The Morgan fingerprint density at radius 1 is 1.15 bits per heavy atom. The largest absolute Gasteiger partial charge is 0.366 e. The van der Waals surface area contributed by atoms with E-state index in [1.165, 1.54) is 5.56 Å². The van der Waals surface area contributed by atoms with Crippen LogP contribution in [0.4, 0.5) is 11.6 Å². The molecule has 0 spiro atoms. The predicted octanol–water partition coefficient (Wildman–Crippen LogP) is 1.86. The molecule has 3 N–H and O–H groups in total. The van der Waals surface area contributed by atoms with Crippen molar-refractivity contribution < 1.29 is 0 Å². The predicted molar refractivity (Wildman–Crippen MR) is 80.7 cm³/mol. The fraction of sp³-hybridized carbons (Fsp3) is 0.333. The van der Waals surface area contributed by atoms with Crippen LogP contribution in [0.3, 0.4) is 0 Å². The van der Waals surface area contributed by atoms with Crippen LogP contribution in [0.25, 0.3) is 0 Å². The Kier molecular flexibility index (Phi) is 4.08. The van der Waals surface area contributed by atoms with Crippen molar-refractivity contribution in [2.75, 3.05) is 23.7 Å². The van der Waals surface area contributed by atoms with Gasteiger partial charge in [-0.1, -0.05) is 30.3 Å². The monoisotopic (exact) mass is 269 g/mol. The number of hydrogen-bond acceptors (Lipinski definition) is 5. The Hall–Kier alpha value is -2.14. The number of hydrogen-bond donors (Lipinski definition) is 3. The van der Waals surface area contributed by atoms with Gasteiger partial charge in [0.05, 0.1) is 0 Å². The Morgan fingerprint density at radius 3 is 2.80 bits per heavy atom. The summed E-state index contributed by atoms with van der Waals surface area (Å²) in [5.74, 6) is 1.72. The van der Waals surface area contributed by atoms with Crippen LogP contribution >= 0.6 is 0 Å². The van der Waals surface area contributed by atoms with Crippen molar-refractivity contribution in [3.8, 4) is 0 Å². The summed E-state index contributed by atoms with van der Waals surface area (Å²) >= 11 is 0. The molecule has 2 heterocycles. The number of rotatable bonds is 5. The van der Waals surface area contributed by atoms with Crippen LogP contribution in [-0.4, -0.2) is 29.1 Å². The minimum absolute atomic E-state index is 0.465. The molecule has 3 rings (SSSR count).